The van der Waals surface area contributed by atoms with Gasteiger partial charge in [0, 0.05) is 11.8 Å². The zero-order chi connectivity index (χ0) is 19.1. The molecule has 2 heterocycles. The summed E-state index contributed by atoms with van der Waals surface area (Å²) < 4.78 is 14.6. The predicted octanol–water partition coefficient (Wildman–Crippen LogP) is 4.41. The Balaban J connectivity index is 1.62. The fraction of sp³-hybridized carbons (Fsp3) is 0.211. The van der Waals surface area contributed by atoms with Crippen molar-refractivity contribution >= 4 is 23.2 Å². The molecule has 0 bridgehead atoms. The van der Waals surface area contributed by atoms with Gasteiger partial charge in [-0.15, -0.1) is 0 Å². The molecule has 27 heavy (non-hydrogen) atoms. The van der Waals surface area contributed by atoms with Gasteiger partial charge in [-0.1, -0.05) is 17.7 Å². The van der Waals surface area contributed by atoms with Gasteiger partial charge in [-0.25, -0.2) is 4.39 Å². The molecular formula is C19H16ClFN4O2. The van der Waals surface area contributed by atoms with Crippen LogP contribution in [-0.2, 0) is 0 Å². The van der Waals surface area contributed by atoms with Crippen molar-refractivity contribution in [1.29, 1.82) is 0 Å². The van der Waals surface area contributed by atoms with E-state index in [9.17, 15) is 14.3 Å². The van der Waals surface area contributed by atoms with Crippen molar-refractivity contribution < 1.29 is 14.3 Å². The molecule has 0 atom stereocenters. The van der Waals surface area contributed by atoms with Crippen molar-refractivity contribution in [2.24, 2.45) is 0 Å². The molecule has 1 aliphatic rings. The van der Waals surface area contributed by atoms with E-state index in [1.807, 2.05) is 6.07 Å². The molecular weight excluding hydrogens is 371 g/mol. The van der Waals surface area contributed by atoms with Crippen LogP contribution in [0.15, 0.2) is 30.5 Å². The van der Waals surface area contributed by atoms with Crippen LogP contribution in [-0.4, -0.2) is 26.2 Å². The van der Waals surface area contributed by atoms with Crippen LogP contribution in [0.5, 0.6) is 5.75 Å². The van der Waals surface area contributed by atoms with E-state index in [0.29, 0.717) is 17.3 Å². The largest absolute Gasteiger partial charge is 0.507 e. The first-order valence-corrected chi connectivity index (χ1v) is 8.82. The van der Waals surface area contributed by atoms with Crippen LogP contribution < -0.4 is 5.32 Å². The minimum atomic E-state index is -0.693. The second-order valence-corrected chi connectivity index (χ2v) is 6.93. The molecule has 3 aromatic rings. The van der Waals surface area contributed by atoms with Gasteiger partial charge < -0.3 is 10.4 Å². The number of phenolic OH excluding ortho intramolecular Hbond substituents is 1. The quantitative estimate of drug-likeness (QED) is 0.619. The number of amides is 1. The summed E-state index contributed by atoms with van der Waals surface area (Å²) in [5.74, 6) is -1.15. The number of pyridine rings is 1. The van der Waals surface area contributed by atoms with E-state index < -0.39 is 11.7 Å². The van der Waals surface area contributed by atoms with E-state index in [1.54, 1.807) is 19.2 Å². The molecule has 1 saturated carbocycles. The van der Waals surface area contributed by atoms with Crippen molar-refractivity contribution in [3.63, 3.8) is 0 Å². The summed E-state index contributed by atoms with van der Waals surface area (Å²) in [6.07, 6.45) is 4.04. The standard InChI is InChI=1S/C19H16ClFN4O2/c1-9-17(18(20)25-24-9)23-19(27)13-6-14(21)12(7-16(13)26)15-5-4-11(8-22-15)10-2-3-10/h4-8,10,26H,2-3H2,1H3,(H,23,27)(H,24,25). The number of aryl methyl sites for hydroxylation is 1. The van der Waals surface area contributed by atoms with Crippen molar-refractivity contribution in [1.82, 2.24) is 15.2 Å². The number of anilines is 1. The van der Waals surface area contributed by atoms with E-state index >= 15 is 0 Å². The number of aromatic nitrogens is 3. The van der Waals surface area contributed by atoms with Gasteiger partial charge in [0.1, 0.15) is 17.3 Å². The van der Waals surface area contributed by atoms with Gasteiger partial charge in [0.25, 0.3) is 5.91 Å². The summed E-state index contributed by atoms with van der Waals surface area (Å²) in [5.41, 5.74) is 2.28. The number of nitrogens with zero attached hydrogens (tertiary/aromatic N) is 2. The summed E-state index contributed by atoms with van der Waals surface area (Å²) in [4.78, 5) is 16.7. The lowest BCUT2D eigenvalue weighted by Gasteiger charge is -2.10. The summed E-state index contributed by atoms with van der Waals surface area (Å²) in [5, 5.41) is 19.2. The van der Waals surface area contributed by atoms with Crippen molar-refractivity contribution in [2.75, 3.05) is 5.32 Å². The minimum absolute atomic E-state index is 0.0809. The Hall–Kier alpha value is -2.93. The van der Waals surface area contributed by atoms with Crippen molar-refractivity contribution in [3.05, 3.63) is 58.3 Å². The number of phenols is 1. The Bertz CT molecular complexity index is 1010. The van der Waals surface area contributed by atoms with E-state index in [1.165, 1.54) is 6.07 Å². The fourth-order valence-corrected chi connectivity index (χ4v) is 3.12. The van der Waals surface area contributed by atoms with Crippen LogP contribution in [0.3, 0.4) is 0 Å². The first-order valence-electron chi connectivity index (χ1n) is 8.44. The lowest BCUT2D eigenvalue weighted by molar-refractivity contribution is 0.102. The second-order valence-electron chi connectivity index (χ2n) is 6.57. The molecule has 0 aliphatic heterocycles. The van der Waals surface area contributed by atoms with E-state index in [-0.39, 0.29) is 27.7 Å². The molecule has 1 aromatic carbocycles. The molecule has 1 fully saturated rings. The first-order chi connectivity index (χ1) is 12.9. The van der Waals surface area contributed by atoms with Crippen LogP contribution >= 0.6 is 11.6 Å². The highest BCUT2D eigenvalue weighted by Crippen LogP contribution is 2.40. The molecule has 4 rings (SSSR count). The van der Waals surface area contributed by atoms with Crippen LogP contribution in [0.1, 0.15) is 40.4 Å². The number of carbonyl (C=O) groups excluding carboxylic acids is 1. The van der Waals surface area contributed by atoms with Gasteiger partial charge in [0.2, 0.25) is 0 Å². The highest BCUT2D eigenvalue weighted by Gasteiger charge is 2.24. The fourth-order valence-electron chi connectivity index (χ4n) is 2.89. The summed E-state index contributed by atoms with van der Waals surface area (Å²) in [6.45, 7) is 1.68. The van der Waals surface area contributed by atoms with E-state index in [2.05, 4.69) is 20.5 Å². The summed E-state index contributed by atoms with van der Waals surface area (Å²) in [7, 11) is 0. The van der Waals surface area contributed by atoms with Crippen molar-refractivity contribution in [3.8, 4) is 17.0 Å². The highest BCUT2D eigenvalue weighted by molar-refractivity contribution is 6.33. The maximum absolute atomic E-state index is 14.6. The molecule has 0 radical (unpaired) electrons. The topological polar surface area (TPSA) is 90.9 Å². The molecule has 8 heteroatoms. The average Bonchev–Trinajstić information content (AvgIpc) is 3.46. The number of hydrogen-bond donors (Lipinski definition) is 3. The number of benzene rings is 1. The number of aromatic amines is 1. The van der Waals surface area contributed by atoms with Crippen molar-refractivity contribution in [2.45, 2.75) is 25.7 Å². The smallest absolute Gasteiger partial charge is 0.259 e. The first kappa shape index (κ1) is 17.5. The lowest BCUT2D eigenvalue weighted by Crippen LogP contribution is -2.13. The minimum Gasteiger partial charge on any atom is -0.507 e. The zero-order valence-corrected chi connectivity index (χ0v) is 15.1. The summed E-state index contributed by atoms with van der Waals surface area (Å²) in [6, 6.07) is 5.83. The van der Waals surface area contributed by atoms with Gasteiger partial charge in [-0.05, 0) is 49.4 Å². The molecule has 0 saturated heterocycles. The zero-order valence-electron chi connectivity index (χ0n) is 14.4. The molecule has 1 aliphatic carbocycles. The molecule has 3 N–H and O–H groups in total. The van der Waals surface area contributed by atoms with Crippen LogP contribution in [0.4, 0.5) is 10.1 Å². The molecule has 1 amide bonds. The second kappa shape index (κ2) is 6.66. The maximum atomic E-state index is 14.6. The third-order valence-corrected chi connectivity index (χ3v) is 4.86. The number of nitrogens with one attached hydrogen (secondary N) is 2. The third-order valence-electron chi connectivity index (χ3n) is 4.58. The number of halogens is 2. The Morgan fingerprint density at radius 1 is 1.37 bits per heavy atom. The van der Waals surface area contributed by atoms with Crippen LogP contribution in [0.2, 0.25) is 5.15 Å². The number of hydrogen-bond acceptors (Lipinski definition) is 4. The van der Waals surface area contributed by atoms with Gasteiger partial charge in [-0.2, -0.15) is 5.10 Å². The molecule has 0 unspecified atom stereocenters. The molecule has 6 nitrogen and oxygen atoms in total. The number of aromatic hydroxyl groups is 1. The summed E-state index contributed by atoms with van der Waals surface area (Å²) >= 11 is 5.89. The third kappa shape index (κ3) is 3.38. The molecule has 2 aromatic heterocycles. The predicted molar refractivity (Wildman–Crippen MR) is 99.6 cm³/mol. The Labute approximate surface area is 159 Å². The molecule has 138 valence electrons. The maximum Gasteiger partial charge on any atom is 0.259 e. The Morgan fingerprint density at radius 2 is 2.15 bits per heavy atom. The highest BCUT2D eigenvalue weighted by atomic mass is 35.5. The Kier molecular flexibility index (Phi) is 4.31. The average molecular weight is 387 g/mol. The number of carbonyl (C=O) groups is 1. The van der Waals surface area contributed by atoms with Gasteiger partial charge in [-0.3, -0.25) is 14.9 Å². The van der Waals surface area contributed by atoms with E-state index in [4.69, 9.17) is 11.6 Å². The van der Waals surface area contributed by atoms with Crippen LogP contribution in [0, 0.1) is 12.7 Å². The molecule has 0 spiro atoms. The normalized spacial score (nSPS) is 13.6. The van der Waals surface area contributed by atoms with Gasteiger partial charge in [0.15, 0.2) is 5.15 Å². The Morgan fingerprint density at radius 3 is 2.74 bits per heavy atom. The lowest BCUT2D eigenvalue weighted by atomic mass is 10.0. The van der Waals surface area contributed by atoms with Gasteiger partial charge >= 0.3 is 0 Å². The monoisotopic (exact) mass is 386 g/mol. The van der Waals surface area contributed by atoms with Gasteiger partial charge in [0.05, 0.1) is 17.0 Å². The number of rotatable bonds is 4. The van der Waals surface area contributed by atoms with E-state index in [0.717, 1.165) is 24.5 Å². The number of H-pyrrole nitrogens is 1. The SMILES string of the molecule is Cc1[nH]nc(Cl)c1NC(=O)c1cc(F)c(-c2ccc(C3CC3)cn2)cc1O. The van der Waals surface area contributed by atoms with Crippen LogP contribution in [0.25, 0.3) is 11.3 Å².